The van der Waals surface area contributed by atoms with Crippen molar-refractivity contribution in [3.8, 4) is 0 Å². The molecular weight excluding hydrogens is 201 g/mol. The summed E-state index contributed by atoms with van der Waals surface area (Å²) in [5, 5.41) is 3.66. The summed E-state index contributed by atoms with van der Waals surface area (Å²) in [5.41, 5.74) is 2.52. The SMILES string of the molecule is CC1CC(NC2CCc3ccc(F)cc32)C1. The molecule has 0 bridgehead atoms. The Bertz CT molecular complexity index is 396. The van der Waals surface area contributed by atoms with Gasteiger partial charge in [0.05, 0.1) is 0 Å². The zero-order valence-electron chi connectivity index (χ0n) is 9.67. The Kier molecular flexibility index (Phi) is 2.47. The zero-order chi connectivity index (χ0) is 11.1. The van der Waals surface area contributed by atoms with E-state index < -0.39 is 0 Å². The fourth-order valence-corrected chi connectivity index (χ4v) is 3.07. The molecule has 0 amide bonds. The van der Waals surface area contributed by atoms with E-state index in [-0.39, 0.29) is 5.82 Å². The summed E-state index contributed by atoms with van der Waals surface area (Å²) < 4.78 is 13.2. The third kappa shape index (κ3) is 1.75. The quantitative estimate of drug-likeness (QED) is 0.805. The average molecular weight is 219 g/mol. The van der Waals surface area contributed by atoms with E-state index in [0.29, 0.717) is 12.1 Å². The molecular formula is C14H18FN. The lowest BCUT2D eigenvalue weighted by atomic mass is 9.81. The molecule has 86 valence electrons. The molecule has 1 nitrogen and oxygen atoms in total. The van der Waals surface area contributed by atoms with Gasteiger partial charge >= 0.3 is 0 Å². The van der Waals surface area contributed by atoms with Crippen LogP contribution in [0.15, 0.2) is 18.2 Å². The first-order valence-electron chi connectivity index (χ1n) is 6.27. The number of halogens is 1. The molecule has 2 aliphatic rings. The molecule has 0 spiro atoms. The number of rotatable bonds is 2. The number of benzene rings is 1. The monoisotopic (exact) mass is 219 g/mol. The van der Waals surface area contributed by atoms with E-state index in [2.05, 4.69) is 12.2 Å². The highest BCUT2D eigenvalue weighted by Crippen LogP contribution is 2.35. The highest BCUT2D eigenvalue weighted by molar-refractivity contribution is 5.35. The normalized spacial score (nSPS) is 32.2. The van der Waals surface area contributed by atoms with Gasteiger partial charge in [-0.2, -0.15) is 0 Å². The van der Waals surface area contributed by atoms with E-state index in [9.17, 15) is 4.39 Å². The van der Waals surface area contributed by atoms with Crippen LogP contribution in [0.4, 0.5) is 4.39 Å². The molecule has 2 aliphatic carbocycles. The molecule has 1 aromatic rings. The third-order valence-electron chi connectivity index (χ3n) is 4.00. The van der Waals surface area contributed by atoms with Crippen molar-refractivity contribution in [2.24, 2.45) is 5.92 Å². The summed E-state index contributed by atoms with van der Waals surface area (Å²) in [6, 6.07) is 6.28. The van der Waals surface area contributed by atoms with Crippen LogP contribution in [-0.4, -0.2) is 6.04 Å². The minimum Gasteiger partial charge on any atom is -0.307 e. The second-order valence-corrected chi connectivity index (χ2v) is 5.37. The van der Waals surface area contributed by atoms with Gasteiger partial charge in [-0.25, -0.2) is 4.39 Å². The first-order chi connectivity index (χ1) is 7.72. The van der Waals surface area contributed by atoms with Gasteiger partial charge in [0, 0.05) is 12.1 Å². The van der Waals surface area contributed by atoms with Gasteiger partial charge in [-0.1, -0.05) is 13.0 Å². The van der Waals surface area contributed by atoms with Crippen LogP contribution in [-0.2, 0) is 6.42 Å². The van der Waals surface area contributed by atoms with Crippen molar-refractivity contribution in [1.29, 1.82) is 0 Å². The van der Waals surface area contributed by atoms with Gasteiger partial charge in [-0.15, -0.1) is 0 Å². The Hall–Kier alpha value is -0.890. The van der Waals surface area contributed by atoms with Gasteiger partial charge in [0.1, 0.15) is 5.82 Å². The summed E-state index contributed by atoms with van der Waals surface area (Å²) in [5.74, 6) is 0.764. The lowest BCUT2D eigenvalue weighted by molar-refractivity contribution is 0.222. The molecule has 1 N–H and O–H groups in total. The molecule has 1 saturated carbocycles. The van der Waals surface area contributed by atoms with Crippen molar-refractivity contribution in [3.63, 3.8) is 0 Å². The Morgan fingerprint density at radius 3 is 2.88 bits per heavy atom. The number of hydrogen-bond acceptors (Lipinski definition) is 1. The van der Waals surface area contributed by atoms with Crippen molar-refractivity contribution < 1.29 is 4.39 Å². The molecule has 1 fully saturated rings. The summed E-state index contributed by atoms with van der Waals surface area (Å²) in [6.45, 7) is 2.29. The molecule has 0 heterocycles. The standard InChI is InChI=1S/C14H18FN/c1-9-6-12(7-9)16-14-5-3-10-2-4-11(15)8-13(10)14/h2,4,8-9,12,14,16H,3,5-7H2,1H3. The topological polar surface area (TPSA) is 12.0 Å². The smallest absolute Gasteiger partial charge is 0.123 e. The summed E-state index contributed by atoms with van der Waals surface area (Å²) in [6.07, 6.45) is 4.78. The molecule has 2 heteroatoms. The van der Waals surface area contributed by atoms with E-state index in [4.69, 9.17) is 0 Å². The maximum absolute atomic E-state index is 13.2. The summed E-state index contributed by atoms with van der Waals surface area (Å²) >= 11 is 0. The molecule has 1 unspecified atom stereocenters. The van der Waals surface area contributed by atoms with Gasteiger partial charge in [0.15, 0.2) is 0 Å². The summed E-state index contributed by atoms with van der Waals surface area (Å²) in [7, 11) is 0. The number of hydrogen-bond donors (Lipinski definition) is 1. The van der Waals surface area contributed by atoms with Crippen LogP contribution < -0.4 is 5.32 Å². The van der Waals surface area contributed by atoms with Crippen LogP contribution in [0.5, 0.6) is 0 Å². The maximum Gasteiger partial charge on any atom is 0.123 e. The van der Waals surface area contributed by atoms with Crippen molar-refractivity contribution in [2.75, 3.05) is 0 Å². The molecule has 0 saturated heterocycles. The highest BCUT2D eigenvalue weighted by atomic mass is 19.1. The van der Waals surface area contributed by atoms with Gasteiger partial charge in [0.2, 0.25) is 0 Å². The van der Waals surface area contributed by atoms with E-state index >= 15 is 0 Å². The van der Waals surface area contributed by atoms with Crippen LogP contribution in [0.3, 0.4) is 0 Å². The van der Waals surface area contributed by atoms with Crippen LogP contribution in [0.25, 0.3) is 0 Å². The van der Waals surface area contributed by atoms with E-state index in [1.165, 1.54) is 24.0 Å². The fourth-order valence-electron chi connectivity index (χ4n) is 3.07. The second kappa shape index (κ2) is 3.85. The van der Waals surface area contributed by atoms with E-state index in [0.717, 1.165) is 18.8 Å². The Morgan fingerprint density at radius 1 is 1.31 bits per heavy atom. The van der Waals surface area contributed by atoms with Gasteiger partial charge < -0.3 is 5.32 Å². The van der Waals surface area contributed by atoms with Crippen molar-refractivity contribution in [3.05, 3.63) is 35.1 Å². The zero-order valence-corrected chi connectivity index (χ0v) is 9.67. The predicted octanol–water partition coefficient (Wildman–Crippen LogP) is 3.20. The van der Waals surface area contributed by atoms with E-state index in [1.54, 1.807) is 12.1 Å². The highest BCUT2D eigenvalue weighted by Gasteiger charge is 2.30. The van der Waals surface area contributed by atoms with Crippen LogP contribution in [0.1, 0.15) is 43.4 Å². The van der Waals surface area contributed by atoms with Crippen LogP contribution >= 0.6 is 0 Å². The molecule has 0 radical (unpaired) electrons. The maximum atomic E-state index is 13.2. The number of nitrogens with one attached hydrogen (secondary N) is 1. The van der Waals surface area contributed by atoms with Gasteiger partial charge in [-0.05, 0) is 54.9 Å². The molecule has 16 heavy (non-hydrogen) atoms. The largest absolute Gasteiger partial charge is 0.307 e. The molecule has 3 rings (SSSR count). The average Bonchev–Trinajstić information content (AvgIpc) is 2.59. The van der Waals surface area contributed by atoms with Crippen molar-refractivity contribution in [2.45, 2.75) is 44.7 Å². The first-order valence-corrected chi connectivity index (χ1v) is 6.27. The third-order valence-corrected chi connectivity index (χ3v) is 4.00. The van der Waals surface area contributed by atoms with Crippen LogP contribution in [0, 0.1) is 11.7 Å². The Morgan fingerprint density at radius 2 is 2.12 bits per heavy atom. The lowest BCUT2D eigenvalue weighted by Crippen LogP contribution is -2.41. The number of aryl methyl sites for hydroxylation is 1. The Labute approximate surface area is 96.1 Å². The molecule has 1 atom stereocenters. The minimum absolute atomic E-state index is 0.102. The second-order valence-electron chi connectivity index (χ2n) is 5.37. The van der Waals surface area contributed by atoms with Crippen LogP contribution in [0.2, 0.25) is 0 Å². The van der Waals surface area contributed by atoms with Crippen molar-refractivity contribution >= 4 is 0 Å². The fraction of sp³-hybridized carbons (Fsp3) is 0.571. The Balaban J connectivity index is 1.73. The molecule has 1 aromatic carbocycles. The lowest BCUT2D eigenvalue weighted by Gasteiger charge is -2.35. The molecule has 0 aromatic heterocycles. The van der Waals surface area contributed by atoms with Gasteiger partial charge in [0.25, 0.3) is 0 Å². The first kappa shape index (κ1) is 10.3. The number of fused-ring (bicyclic) bond motifs is 1. The van der Waals surface area contributed by atoms with Gasteiger partial charge in [-0.3, -0.25) is 0 Å². The predicted molar refractivity (Wildman–Crippen MR) is 62.8 cm³/mol. The minimum atomic E-state index is -0.102. The summed E-state index contributed by atoms with van der Waals surface area (Å²) in [4.78, 5) is 0. The van der Waals surface area contributed by atoms with Crippen molar-refractivity contribution in [1.82, 2.24) is 5.32 Å². The molecule has 0 aliphatic heterocycles. The van der Waals surface area contributed by atoms with E-state index in [1.807, 2.05) is 6.07 Å².